The number of hydrogen-bond acceptors (Lipinski definition) is 4. The number of ether oxygens (including phenoxy) is 2. The lowest BCUT2D eigenvalue weighted by atomic mass is 9.86. The van der Waals surface area contributed by atoms with Crippen molar-refractivity contribution in [3.8, 4) is 5.75 Å². The average Bonchev–Trinajstić information content (AvgIpc) is 3.08. The van der Waals surface area contributed by atoms with Gasteiger partial charge in [-0.05, 0) is 37.6 Å². The van der Waals surface area contributed by atoms with Gasteiger partial charge in [-0.15, -0.1) is 0 Å². The molecule has 0 bridgehead atoms. The van der Waals surface area contributed by atoms with Crippen LogP contribution in [0.4, 0.5) is 4.39 Å². The van der Waals surface area contributed by atoms with E-state index in [9.17, 15) is 4.39 Å². The highest BCUT2D eigenvalue weighted by molar-refractivity contribution is 6.01. The van der Waals surface area contributed by atoms with Crippen molar-refractivity contribution in [1.82, 2.24) is 5.01 Å². The molecule has 4 nitrogen and oxygen atoms in total. The van der Waals surface area contributed by atoms with Crippen LogP contribution in [0.3, 0.4) is 0 Å². The normalized spacial score (nSPS) is 28.3. The minimum absolute atomic E-state index is 0.129. The molecule has 1 saturated heterocycles. The van der Waals surface area contributed by atoms with E-state index in [1.54, 1.807) is 12.1 Å². The first-order chi connectivity index (χ1) is 13.0. The summed E-state index contributed by atoms with van der Waals surface area (Å²) in [5, 5.41) is 7.15. The summed E-state index contributed by atoms with van der Waals surface area (Å²) in [7, 11) is 0. The van der Waals surface area contributed by atoms with Crippen LogP contribution < -0.4 is 4.74 Å². The second-order valence-electron chi connectivity index (χ2n) is 8.24. The molecule has 2 aromatic carbocycles. The first-order valence-electron chi connectivity index (χ1n) is 9.51. The maximum atomic E-state index is 13.4. The molecule has 0 unspecified atom stereocenters. The second-order valence-corrected chi connectivity index (χ2v) is 8.24. The van der Waals surface area contributed by atoms with Gasteiger partial charge in [-0.2, -0.15) is 5.10 Å². The molecule has 0 aliphatic carbocycles. The fourth-order valence-electron chi connectivity index (χ4n) is 4.62. The Labute approximate surface area is 158 Å². The zero-order valence-corrected chi connectivity index (χ0v) is 15.6. The smallest absolute Gasteiger partial charge is 0.203 e. The fourth-order valence-corrected chi connectivity index (χ4v) is 4.62. The van der Waals surface area contributed by atoms with Gasteiger partial charge in [0.2, 0.25) is 5.72 Å². The molecular weight excluding hydrogens is 343 g/mol. The molecule has 5 rings (SSSR count). The van der Waals surface area contributed by atoms with Crippen molar-refractivity contribution < 1.29 is 13.9 Å². The lowest BCUT2D eigenvalue weighted by Gasteiger charge is -2.52. The molecule has 3 aliphatic heterocycles. The monoisotopic (exact) mass is 366 g/mol. The summed E-state index contributed by atoms with van der Waals surface area (Å²) < 4.78 is 25.9. The first kappa shape index (κ1) is 16.8. The van der Waals surface area contributed by atoms with Gasteiger partial charge >= 0.3 is 0 Å². The molecule has 0 aromatic heterocycles. The summed E-state index contributed by atoms with van der Waals surface area (Å²) in [6.07, 6.45) is 2.29. The largest absolute Gasteiger partial charge is 0.466 e. The van der Waals surface area contributed by atoms with E-state index in [0.717, 1.165) is 41.9 Å². The van der Waals surface area contributed by atoms with Crippen molar-refractivity contribution in [3.05, 3.63) is 65.5 Å². The number of hydrazone groups is 1. The highest BCUT2D eigenvalue weighted by atomic mass is 19.1. The Morgan fingerprint density at radius 2 is 1.89 bits per heavy atom. The van der Waals surface area contributed by atoms with E-state index in [0.29, 0.717) is 6.61 Å². The lowest BCUT2D eigenvalue weighted by Crippen LogP contribution is -2.60. The molecule has 5 heteroatoms. The highest BCUT2D eigenvalue weighted by Crippen LogP contribution is 2.51. The van der Waals surface area contributed by atoms with Crippen molar-refractivity contribution in [2.75, 3.05) is 6.61 Å². The minimum atomic E-state index is -0.511. The topological polar surface area (TPSA) is 34.1 Å². The van der Waals surface area contributed by atoms with Crippen LogP contribution in [-0.4, -0.2) is 28.7 Å². The first-order valence-corrected chi connectivity index (χ1v) is 9.51. The van der Waals surface area contributed by atoms with Crippen LogP contribution in [0, 0.1) is 5.82 Å². The van der Waals surface area contributed by atoms with E-state index in [2.05, 4.69) is 24.9 Å². The standard InChI is InChI=1S/C22H23FN2O2/c1-21(2)14-22(11-12-26-21)25-19(17-5-3-4-6-20(17)27-22)13-18(24-25)15-7-9-16(23)10-8-15/h3-10,19H,11-14H2,1-2H3/t19-,22-/m0/s1. The summed E-state index contributed by atoms with van der Waals surface area (Å²) in [5.41, 5.74) is 2.31. The molecular formula is C22H23FN2O2. The molecule has 0 amide bonds. The number of fused-ring (bicyclic) bond motifs is 4. The third-order valence-electron chi connectivity index (χ3n) is 5.77. The minimum Gasteiger partial charge on any atom is -0.466 e. The van der Waals surface area contributed by atoms with Gasteiger partial charge in [-0.1, -0.05) is 30.3 Å². The van der Waals surface area contributed by atoms with E-state index in [1.165, 1.54) is 12.1 Å². The summed E-state index contributed by atoms with van der Waals surface area (Å²) >= 11 is 0. The third kappa shape index (κ3) is 2.72. The quantitative estimate of drug-likeness (QED) is 0.736. The Balaban J connectivity index is 1.60. The van der Waals surface area contributed by atoms with E-state index < -0.39 is 5.72 Å². The Morgan fingerprint density at radius 3 is 2.67 bits per heavy atom. The molecule has 2 aromatic rings. The molecule has 1 spiro atoms. The zero-order valence-electron chi connectivity index (χ0n) is 15.6. The van der Waals surface area contributed by atoms with Crippen molar-refractivity contribution >= 4 is 5.71 Å². The van der Waals surface area contributed by atoms with Crippen molar-refractivity contribution in [2.24, 2.45) is 5.10 Å². The number of benzene rings is 2. The number of halogens is 1. The molecule has 140 valence electrons. The SMILES string of the molecule is CC1(C)C[C@]2(CCO1)Oc1ccccc1[C@@H]1CC(c3ccc(F)cc3)=NN12. The van der Waals surface area contributed by atoms with E-state index in [-0.39, 0.29) is 17.5 Å². The van der Waals surface area contributed by atoms with Crippen LogP contribution in [0.1, 0.15) is 50.3 Å². The van der Waals surface area contributed by atoms with E-state index >= 15 is 0 Å². The second kappa shape index (κ2) is 5.80. The molecule has 3 aliphatic rings. The van der Waals surface area contributed by atoms with Crippen molar-refractivity contribution in [3.63, 3.8) is 0 Å². The van der Waals surface area contributed by atoms with Gasteiger partial charge < -0.3 is 9.47 Å². The van der Waals surface area contributed by atoms with Gasteiger partial charge in [-0.3, -0.25) is 0 Å². The van der Waals surface area contributed by atoms with Crippen LogP contribution in [0.15, 0.2) is 53.6 Å². The van der Waals surface area contributed by atoms with E-state index in [4.69, 9.17) is 14.6 Å². The number of hydrogen-bond donors (Lipinski definition) is 0. The molecule has 0 N–H and O–H groups in total. The summed E-state index contributed by atoms with van der Waals surface area (Å²) in [6, 6.07) is 15.0. The van der Waals surface area contributed by atoms with Crippen LogP contribution in [0.25, 0.3) is 0 Å². The number of nitrogens with zero attached hydrogens (tertiary/aromatic N) is 2. The predicted octanol–water partition coefficient (Wildman–Crippen LogP) is 4.65. The zero-order chi connectivity index (χ0) is 18.6. The fraction of sp³-hybridized carbons (Fsp3) is 0.409. The molecule has 27 heavy (non-hydrogen) atoms. The highest BCUT2D eigenvalue weighted by Gasteiger charge is 2.54. The molecule has 2 atom stereocenters. The van der Waals surface area contributed by atoms with E-state index in [1.807, 2.05) is 18.2 Å². The molecule has 0 radical (unpaired) electrons. The average molecular weight is 366 g/mol. The van der Waals surface area contributed by atoms with Crippen LogP contribution in [-0.2, 0) is 4.74 Å². The maximum absolute atomic E-state index is 13.4. The van der Waals surface area contributed by atoms with Crippen LogP contribution in [0.5, 0.6) is 5.75 Å². The van der Waals surface area contributed by atoms with Gasteiger partial charge in [0.25, 0.3) is 0 Å². The Bertz CT molecular complexity index is 909. The Kier molecular flexibility index (Phi) is 3.60. The van der Waals surface area contributed by atoms with Crippen LogP contribution >= 0.6 is 0 Å². The van der Waals surface area contributed by atoms with Gasteiger partial charge in [0.15, 0.2) is 0 Å². The molecule has 0 saturated carbocycles. The Hall–Kier alpha value is -2.40. The van der Waals surface area contributed by atoms with Crippen molar-refractivity contribution in [2.45, 2.75) is 50.5 Å². The molecule has 3 heterocycles. The predicted molar refractivity (Wildman–Crippen MR) is 101 cm³/mol. The van der Waals surface area contributed by atoms with Crippen LogP contribution in [0.2, 0.25) is 0 Å². The number of para-hydroxylation sites is 1. The summed E-state index contributed by atoms with van der Waals surface area (Å²) in [6.45, 7) is 4.85. The molecule has 1 fully saturated rings. The van der Waals surface area contributed by atoms with Gasteiger partial charge in [-0.25, -0.2) is 9.40 Å². The maximum Gasteiger partial charge on any atom is 0.203 e. The van der Waals surface area contributed by atoms with Gasteiger partial charge in [0, 0.05) is 24.8 Å². The lowest BCUT2D eigenvalue weighted by molar-refractivity contribution is -0.212. The van der Waals surface area contributed by atoms with Crippen molar-refractivity contribution in [1.29, 1.82) is 0 Å². The van der Waals surface area contributed by atoms with Gasteiger partial charge in [0.05, 0.1) is 24.0 Å². The number of rotatable bonds is 1. The van der Waals surface area contributed by atoms with Gasteiger partial charge in [0.1, 0.15) is 11.6 Å². The summed E-state index contributed by atoms with van der Waals surface area (Å²) in [5.74, 6) is 0.707. The third-order valence-corrected chi connectivity index (χ3v) is 5.77. The summed E-state index contributed by atoms with van der Waals surface area (Å²) in [4.78, 5) is 0. The Morgan fingerprint density at radius 1 is 1.11 bits per heavy atom.